The summed E-state index contributed by atoms with van der Waals surface area (Å²) in [6.07, 6.45) is 2.11. The van der Waals surface area contributed by atoms with E-state index < -0.39 is 6.10 Å². The minimum absolute atomic E-state index is 0.138. The zero-order valence-electron chi connectivity index (χ0n) is 8.07. The number of carbonyl (C=O) groups is 1. The van der Waals surface area contributed by atoms with Crippen LogP contribution in [0.5, 0.6) is 0 Å². The van der Waals surface area contributed by atoms with Crippen LogP contribution in [-0.4, -0.2) is 23.2 Å². The molecule has 1 aromatic heterocycles. The number of halogens is 1. The average molecular weight is 274 g/mol. The second-order valence-electron chi connectivity index (χ2n) is 3.68. The Balaban J connectivity index is 1.97. The maximum Gasteiger partial charge on any atom is 0.287 e. The maximum atomic E-state index is 11.6. The number of aliphatic hydroxyl groups excluding tert-OH is 1. The first-order chi connectivity index (χ1) is 7.16. The molecular weight excluding hydrogens is 262 g/mol. The van der Waals surface area contributed by atoms with E-state index in [1.54, 1.807) is 12.1 Å². The Morgan fingerprint density at radius 2 is 2.33 bits per heavy atom. The van der Waals surface area contributed by atoms with Gasteiger partial charge in [-0.2, -0.15) is 0 Å². The standard InChI is InChI=1S/C10H12BrNO3/c11-9-5-4-8(15-9)10(14)12-6-2-1-3-7(6)13/h4-7,13H,1-3H2,(H,12,14). The fraction of sp³-hybridized carbons (Fsp3) is 0.500. The third kappa shape index (κ3) is 2.41. The molecular formula is C10H12BrNO3. The van der Waals surface area contributed by atoms with Crippen LogP contribution in [0.3, 0.4) is 0 Å². The smallest absolute Gasteiger partial charge is 0.287 e. The summed E-state index contributed by atoms with van der Waals surface area (Å²) in [5, 5.41) is 12.3. The normalized spacial score (nSPS) is 25.5. The monoisotopic (exact) mass is 273 g/mol. The lowest BCUT2D eigenvalue weighted by Gasteiger charge is -2.15. The Morgan fingerprint density at radius 1 is 1.53 bits per heavy atom. The maximum absolute atomic E-state index is 11.6. The largest absolute Gasteiger partial charge is 0.444 e. The van der Waals surface area contributed by atoms with E-state index in [1.807, 2.05) is 0 Å². The molecule has 4 nitrogen and oxygen atoms in total. The third-order valence-electron chi connectivity index (χ3n) is 2.59. The molecule has 1 heterocycles. The fourth-order valence-electron chi connectivity index (χ4n) is 1.78. The van der Waals surface area contributed by atoms with Crippen LogP contribution in [0.25, 0.3) is 0 Å². The van der Waals surface area contributed by atoms with Gasteiger partial charge in [-0.1, -0.05) is 0 Å². The predicted octanol–water partition coefficient (Wildman–Crippen LogP) is 1.69. The Morgan fingerprint density at radius 3 is 2.87 bits per heavy atom. The van der Waals surface area contributed by atoms with Crippen LogP contribution < -0.4 is 5.32 Å². The predicted molar refractivity (Wildman–Crippen MR) is 57.5 cm³/mol. The molecule has 0 saturated heterocycles. The number of amides is 1. The van der Waals surface area contributed by atoms with E-state index in [1.165, 1.54) is 0 Å². The zero-order chi connectivity index (χ0) is 10.8. The topological polar surface area (TPSA) is 62.5 Å². The Bertz CT molecular complexity index is 363. The number of furan rings is 1. The highest BCUT2D eigenvalue weighted by atomic mass is 79.9. The first kappa shape index (κ1) is 10.7. The van der Waals surface area contributed by atoms with Crippen LogP contribution in [-0.2, 0) is 0 Å². The molecule has 1 aliphatic rings. The van der Waals surface area contributed by atoms with Crippen LogP contribution in [0.2, 0.25) is 0 Å². The lowest BCUT2D eigenvalue weighted by Crippen LogP contribution is -2.39. The molecule has 0 aromatic carbocycles. The van der Waals surface area contributed by atoms with E-state index in [0.29, 0.717) is 4.67 Å². The van der Waals surface area contributed by atoms with Crippen molar-refractivity contribution in [2.45, 2.75) is 31.4 Å². The number of rotatable bonds is 2. The third-order valence-corrected chi connectivity index (χ3v) is 3.02. The molecule has 1 saturated carbocycles. The Labute approximate surface area is 95.8 Å². The molecule has 0 aliphatic heterocycles. The van der Waals surface area contributed by atoms with E-state index in [9.17, 15) is 9.90 Å². The van der Waals surface area contributed by atoms with E-state index in [2.05, 4.69) is 21.2 Å². The molecule has 1 aliphatic carbocycles. The molecule has 2 unspecified atom stereocenters. The summed E-state index contributed by atoms with van der Waals surface area (Å²) in [4.78, 5) is 11.6. The molecule has 2 N–H and O–H groups in total. The number of hydrogen-bond acceptors (Lipinski definition) is 3. The second-order valence-corrected chi connectivity index (χ2v) is 4.46. The first-order valence-electron chi connectivity index (χ1n) is 4.91. The van der Waals surface area contributed by atoms with Crippen molar-refractivity contribution < 1.29 is 14.3 Å². The fourth-order valence-corrected chi connectivity index (χ4v) is 2.09. The van der Waals surface area contributed by atoms with Gasteiger partial charge in [0.2, 0.25) is 0 Å². The molecule has 0 bridgehead atoms. The molecule has 1 amide bonds. The van der Waals surface area contributed by atoms with E-state index in [4.69, 9.17) is 4.42 Å². The Hall–Kier alpha value is -0.810. The van der Waals surface area contributed by atoms with Gasteiger partial charge in [-0.25, -0.2) is 0 Å². The molecule has 0 spiro atoms. The molecule has 2 rings (SSSR count). The van der Waals surface area contributed by atoms with Crippen LogP contribution >= 0.6 is 15.9 Å². The highest BCUT2D eigenvalue weighted by Gasteiger charge is 2.27. The number of carbonyl (C=O) groups excluding carboxylic acids is 1. The lowest BCUT2D eigenvalue weighted by molar-refractivity contribution is 0.0845. The van der Waals surface area contributed by atoms with E-state index in [-0.39, 0.29) is 17.7 Å². The summed E-state index contributed by atoms with van der Waals surface area (Å²) in [5.74, 6) is -0.00683. The summed E-state index contributed by atoms with van der Waals surface area (Å²) in [6, 6.07) is 3.13. The van der Waals surface area contributed by atoms with Crippen molar-refractivity contribution in [3.63, 3.8) is 0 Å². The van der Waals surface area contributed by atoms with Gasteiger partial charge in [0.05, 0.1) is 12.1 Å². The molecule has 1 fully saturated rings. The lowest BCUT2D eigenvalue weighted by atomic mass is 10.2. The molecule has 5 heteroatoms. The molecule has 0 radical (unpaired) electrons. The van der Waals surface area contributed by atoms with Crippen molar-refractivity contribution in [2.24, 2.45) is 0 Å². The highest BCUT2D eigenvalue weighted by Crippen LogP contribution is 2.20. The van der Waals surface area contributed by atoms with Crippen LogP contribution in [0, 0.1) is 0 Å². The summed E-state index contributed by atoms with van der Waals surface area (Å²) in [5.41, 5.74) is 0. The highest BCUT2D eigenvalue weighted by molar-refractivity contribution is 9.10. The quantitative estimate of drug-likeness (QED) is 0.862. The molecule has 1 aromatic rings. The van der Waals surface area contributed by atoms with Gasteiger partial charge in [-0.3, -0.25) is 4.79 Å². The van der Waals surface area contributed by atoms with Gasteiger partial charge in [0.1, 0.15) is 0 Å². The zero-order valence-corrected chi connectivity index (χ0v) is 9.66. The van der Waals surface area contributed by atoms with Crippen molar-refractivity contribution in [3.05, 3.63) is 22.6 Å². The van der Waals surface area contributed by atoms with Gasteiger partial charge in [-0.15, -0.1) is 0 Å². The number of hydrogen-bond donors (Lipinski definition) is 2. The first-order valence-corrected chi connectivity index (χ1v) is 5.70. The van der Waals surface area contributed by atoms with E-state index >= 15 is 0 Å². The average Bonchev–Trinajstić information content (AvgIpc) is 2.77. The Kier molecular flexibility index (Phi) is 3.11. The molecule has 15 heavy (non-hydrogen) atoms. The van der Waals surface area contributed by atoms with Crippen LogP contribution in [0.15, 0.2) is 21.2 Å². The van der Waals surface area contributed by atoms with Crippen molar-refractivity contribution in [3.8, 4) is 0 Å². The number of aliphatic hydroxyl groups is 1. The summed E-state index contributed by atoms with van der Waals surface area (Å²) in [7, 11) is 0. The van der Waals surface area contributed by atoms with Crippen molar-refractivity contribution in [1.82, 2.24) is 5.32 Å². The van der Waals surface area contributed by atoms with Gasteiger partial charge in [0.25, 0.3) is 5.91 Å². The molecule has 2 atom stereocenters. The molecule has 82 valence electrons. The van der Waals surface area contributed by atoms with Crippen LogP contribution in [0.1, 0.15) is 29.8 Å². The van der Waals surface area contributed by atoms with E-state index in [0.717, 1.165) is 19.3 Å². The number of nitrogens with one attached hydrogen (secondary N) is 1. The summed E-state index contributed by atoms with van der Waals surface area (Å²) >= 11 is 3.13. The minimum atomic E-state index is -0.424. The van der Waals surface area contributed by atoms with Crippen LogP contribution in [0.4, 0.5) is 0 Å². The van der Waals surface area contributed by atoms with Gasteiger partial charge in [0.15, 0.2) is 10.4 Å². The minimum Gasteiger partial charge on any atom is -0.444 e. The van der Waals surface area contributed by atoms with Gasteiger partial charge in [0, 0.05) is 0 Å². The van der Waals surface area contributed by atoms with Crippen molar-refractivity contribution in [1.29, 1.82) is 0 Å². The van der Waals surface area contributed by atoms with Gasteiger partial charge in [-0.05, 0) is 47.3 Å². The van der Waals surface area contributed by atoms with Crippen molar-refractivity contribution in [2.75, 3.05) is 0 Å². The summed E-state index contributed by atoms with van der Waals surface area (Å²) < 4.78 is 5.64. The van der Waals surface area contributed by atoms with Crippen molar-refractivity contribution >= 4 is 21.8 Å². The summed E-state index contributed by atoms with van der Waals surface area (Å²) in [6.45, 7) is 0. The van der Waals surface area contributed by atoms with Gasteiger partial charge >= 0.3 is 0 Å². The second kappa shape index (κ2) is 4.37. The SMILES string of the molecule is O=C(NC1CCCC1O)c1ccc(Br)o1. The van der Waals surface area contributed by atoms with Gasteiger partial charge < -0.3 is 14.8 Å².